The molecule has 4 aromatic heterocycles. The van der Waals surface area contributed by atoms with E-state index in [9.17, 15) is 0 Å². The summed E-state index contributed by atoms with van der Waals surface area (Å²) in [6.07, 6.45) is 2.72. The fourth-order valence-corrected chi connectivity index (χ4v) is 12.3. The first-order valence-electron chi connectivity index (χ1n) is 20.7. The van der Waals surface area contributed by atoms with Gasteiger partial charge in [-0.05, 0) is 59.8 Å². The van der Waals surface area contributed by atoms with Crippen LogP contribution < -0.4 is 5.01 Å². The molecule has 61 heavy (non-hydrogen) atoms. The van der Waals surface area contributed by atoms with E-state index in [0.717, 1.165) is 87.2 Å². The van der Waals surface area contributed by atoms with E-state index in [-0.39, 0.29) is 23.6 Å². The summed E-state index contributed by atoms with van der Waals surface area (Å²) in [5.41, 5.74) is 7.43. The molecule has 0 spiro atoms. The number of para-hydroxylation sites is 3. The molecule has 7 aromatic carbocycles. The highest BCUT2D eigenvalue weighted by Gasteiger charge is 2.31. The van der Waals surface area contributed by atoms with E-state index in [2.05, 4.69) is 131 Å². The van der Waals surface area contributed by atoms with E-state index in [4.69, 9.17) is 9.98 Å². The molecule has 296 valence electrons. The number of thiophene rings is 2. The summed E-state index contributed by atoms with van der Waals surface area (Å²) in [6.45, 7) is 4.86. The lowest BCUT2D eigenvalue weighted by atomic mass is 9.90. The zero-order valence-electron chi connectivity index (χ0n) is 33.3. The molecule has 0 fully saturated rings. The first kappa shape index (κ1) is 36.2. The lowest BCUT2D eigenvalue weighted by Crippen LogP contribution is -2.40. The number of fused-ring (bicyclic) bond motifs is 11. The number of aryl methyl sites for hydroxylation is 1. The highest BCUT2D eigenvalue weighted by atomic mass is 32.1. The van der Waals surface area contributed by atoms with Crippen molar-refractivity contribution in [1.82, 2.24) is 9.24 Å². The molecule has 11 aromatic rings. The second kappa shape index (κ2) is 13.9. The minimum atomic E-state index is -0.319. The first-order valence-corrected chi connectivity index (χ1v) is 22.3. The van der Waals surface area contributed by atoms with Crippen molar-refractivity contribution in [1.29, 1.82) is 0 Å². The van der Waals surface area contributed by atoms with E-state index >= 15 is 8.78 Å². The number of hydrogen-bond acceptors (Lipinski definition) is 5. The standard InChI is InChI=1S/C52H37F2N5S2/c1-3-45-46(38-20-13-23-41(54)51(38)60-45)30(2)42-28-57(29-55-52(56-42)39-21-11-18-36-37-19-12-22-40(53)50(37)61-49(36)39)59-44-25-10-8-17-33(44)35-27-26-34-32-16-7-9-24-43(32)58(47(34)48(35)59)31-14-5-4-6-15-31/h4-27,29-30,42H,3,28H2,1-2H3/t30?,42-/m1/s1. The minimum absolute atomic E-state index is 0.118. The summed E-state index contributed by atoms with van der Waals surface area (Å²) in [7, 11) is 0. The van der Waals surface area contributed by atoms with Crippen molar-refractivity contribution >= 4 is 109 Å². The van der Waals surface area contributed by atoms with Gasteiger partial charge in [0.2, 0.25) is 0 Å². The van der Waals surface area contributed by atoms with Crippen LogP contribution in [0.4, 0.5) is 8.78 Å². The van der Waals surface area contributed by atoms with Gasteiger partial charge in [-0.3, -0.25) is 10.0 Å². The van der Waals surface area contributed by atoms with Crippen LogP contribution in [0.5, 0.6) is 0 Å². The number of aliphatic imine (C=N–C) groups is 2. The van der Waals surface area contributed by atoms with Gasteiger partial charge in [0.05, 0.1) is 44.1 Å². The number of nitrogens with zero attached hydrogens (tertiary/aromatic N) is 5. The van der Waals surface area contributed by atoms with E-state index in [1.54, 1.807) is 23.5 Å². The zero-order valence-corrected chi connectivity index (χ0v) is 34.9. The minimum Gasteiger partial charge on any atom is -0.307 e. The smallest absolute Gasteiger partial charge is 0.158 e. The number of hydrogen-bond donors (Lipinski definition) is 0. The monoisotopic (exact) mass is 833 g/mol. The molecule has 1 aliphatic rings. The first-order chi connectivity index (χ1) is 30.0. The van der Waals surface area contributed by atoms with Gasteiger partial charge < -0.3 is 4.57 Å². The van der Waals surface area contributed by atoms with Gasteiger partial charge in [-0.1, -0.05) is 117 Å². The zero-order chi connectivity index (χ0) is 40.9. The maximum Gasteiger partial charge on any atom is 0.158 e. The predicted molar refractivity (Wildman–Crippen MR) is 255 cm³/mol. The van der Waals surface area contributed by atoms with E-state index in [1.165, 1.54) is 22.8 Å². The average Bonchev–Trinajstić information content (AvgIpc) is 4.02. The largest absolute Gasteiger partial charge is 0.307 e. The molecular formula is C52H37F2N5S2. The highest BCUT2D eigenvalue weighted by molar-refractivity contribution is 7.26. The Morgan fingerprint density at radius 2 is 1.21 bits per heavy atom. The molecule has 9 heteroatoms. The molecule has 5 heterocycles. The van der Waals surface area contributed by atoms with Gasteiger partial charge in [0.25, 0.3) is 0 Å². The molecule has 0 N–H and O–H groups in total. The van der Waals surface area contributed by atoms with Gasteiger partial charge in [0.15, 0.2) is 5.84 Å². The van der Waals surface area contributed by atoms with Gasteiger partial charge in [0, 0.05) is 59.1 Å². The van der Waals surface area contributed by atoms with Crippen molar-refractivity contribution in [2.75, 3.05) is 11.6 Å². The molecule has 0 amide bonds. The molecule has 2 atom stereocenters. The van der Waals surface area contributed by atoms with Crippen molar-refractivity contribution in [3.63, 3.8) is 0 Å². The van der Waals surface area contributed by atoms with Crippen LogP contribution in [0.1, 0.15) is 35.8 Å². The molecule has 0 saturated carbocycles. The maximum atomic E-state index is 15.5. The number of halogens is 2. The summed E-state index contributed by atoms with van der Waals surface area (Å²) < 4.78 is 37.8. The second-order valence-electron chi connectivity index (χ2n) is 15.9. The third-order valence-electron chi connectivity index (χ3n) is 12.5. The molecule has 0 bridgehead atoms. The topological polar surface area (TPSA) is 37.8 Å². The Hall–Kier alpha value is -6.68. The highest BCUT2D eigenvalue weighted by Crippen LogP contribution is 2.44. The van der Waals surface area contributed by atoms with Crippen LogP contribution in [0.3, 0.4) is 0 Å². The predicted octanol–water partition coefficient (Wildman–Crippen LogP) is 13.9. The molecule has 1 aliphatic heterocycles. The molecule has 12 rings (SSSR count). The third kappa shape index (κ3) is 5.40. The Balaban J connectivity index is 1.14. The van der Waals surface area contributed by atoms with Crippen LogP contribution in [-0.2, 0) is 6.42 Å². The lowest BCUT2D eigenvalue weighted by Gasteiger charge is -2.29. The maximum absolute atomic E-state index is 15.5. The normalized spacial score (nSPS) is 15.3. The summed E-state index contributed by atoms with van der Waals surface area (Å²) in [5.74, 6) is 0.0398. The Bertz CT molecular complexity index is 3630. The van der Waals surface area contributed by atoms with Crippen LogP contribution in [0.25, 0.3) is 79.6 Å². The van der Waals surface area contributed by atoms with Crippen LogP contribution in [0.15, 0.2) is 156 Å². The Labute approximate surface area is 357 Å². The van der Waals surface area contributed by atoms with Gasteiger partial charge in [-0.15, -0.1) is 22.7 Å². The average molecular weight is 834 g/mol. The molecule has 0 saturated heterocycles. The van der Waals surface area contributed by atoms with Gasteiger partial charge >= 0.3 is 0 Å². The molecule has 5 nitrogen and oxygen atoms in total. The van der Waals surface area contributed by atoms with Crippen LogP contribution >= 0.6 is 22.7 Å². The number of amidine groups is 1. The van der Waals surface area contributed by atoms with Crippen molar-refractivity contribution in [3.05, 3.63) is 173 Å². The summed E-state index contributed by atoms with van der Waals surface area (Å²) >= 11 is 2.99. The van der Waals surface area contributed by atoms with Gasteiger partial charge in [0.1, 0.15) is 18.0 Å². The van der Waals surface area contributed by atoms with Crippen molar-refractivity contribution in [2.45, 2.75) is 32.2 Å². The van der Waals surface area contributed by atoms with Crippen molar-refractivity contribution < 1.29 is 8.78 Å². The van der Waals surface area contributed by atoms with Crippen molar-refractivity contribution in [3.8, 4) is 5.69 Å². The molecule has 0 aliphatic carbocycles. The second-order valence-corrected chi connectivity index (χ2v) is 18.0. The van der Waals surface area contributed by atoms with Crippen LogP contribution in [0.2, 0.25) is 0 Å². The summed E-state index contributed by atoms with van der Waals surface area (Å²) in [5, 5.41) is 9.65. The van der Waals surface area contributed by atoms with Crippen molar-refractivity contribution in [2.24, 2.45) is 9.98 Å². The quantitative estimate of drug-likeness (QED) is 0.164. The fourth-order valence-electron chi connectivity index (χ4n) is 9.79. The molecular weight excluding hydrogens is 797 g/mol. The van der Waals surface area contributed by atoms with E-state index in [0.29, 0.717) is 21.8 Å². The lowest BCUT2D eigenvalue weighted by molar-refractivity contribution is 0.551. The van der Waals surface area contributed by atoms with E-state index < -0.39 is 0 Å². The Morgan fingerprint density at radius 1 is 0.607 bits per heavy atom. The fraction of sp³-hybridized carbons (Fsp3) is 0.115. The number of benzene rings is 7. The molecule has 1 unspecified atom stereocenters. The third-order valence-corrected chi connectivity index (χ3v) is 15.2. The Kier molecular flexibility index (Phi) is 8.27. The van der Waals surface area contributed by atoms with E-state index in [1.807, 2.05) is 30.6 Å². The van der Waals surface area contributed by atoms with Gasteiger partial charge in [-0.2, -0.15) is 0 Å². The summed E-state index contributed by atoms with van der Waals surface area (Å²) in [6, 6.07) is 48.8. The number of aromatic nitrogens is 2. The number of rotatable bonds is 6. The van der Waals surface area contributed by atoms with Gasteiger partial charge in [-0.25, -0.2) is 18.4 Å². The molecule has 0 radical (unpaired) electrons. The SMILES string of the molecule is CCc1sc2c(F)cccc2c1C(C)[C@H]1CN(n2c3ccccc3c3ccc4c5ccccc5n(-c5ccccc5)c4c32)C=NC(c2cccc3c2sc2c(F)cccc23)=N1. The van der Waals surface area contributed by atoms with Crippen LogP contribution in [0, 0.1) is 11.6 Å². The Morgan fingerprint density at radius 3 is 1.97 bits per heavy atom. The van der Waals surface area contributed by atoms with Crippen LogP contribution in [-0.4, -0.2) is 34.0 Å². The summed E-state index contributed by atoms with van der Waals surface area (Å²) in [4.78, 5) is 12.1.